The fourth-order valence-electron chi connectivity index (χ4n) is 2.12. The number of nitrogens with one attached hydrogen (secondary N) is 1. The van der Waals surface area contributed by atoms with Gasteiger partial charge in [-0.3, -0.25) is 4.79 Å². The molecule has 5 heteroatoms. The standard InChI is InChI=1S/C12H24N2O3/c1-9(7-16-2)14-12(15)8-17-11-6-4-3-5-10(11)13/h9-11H,3-8,13H2,1-2H3,(H,14,15). The van der Waals surface area contributed by atoms with E-state index in [-0.39, 0.29) is 30.7 Å². The summed E-state index contributed by atoms with van der Waals surface area (Å²) >= 11 is 0. The summed E-state index contributed by atoms with van der Waals surface area (Å²) in [5.74, 6) is -0.104. The number of carbonyl (C=O) groups excluding carboxylic acids is 1. The minimum atomic E-state index is -0.104. The van der Waals surface area contributed by atoms with Crippen molar-refractivity contribution >= 4 is 5.91 Å². The largest absolute Gasteiger partial charge is 0.383 e. The predicted octanol–water partition coefficient (Wildman–Crippen LogP) is 0.424. The Kier molecular flexibility index (Phi) is 6.47. The zero-order valence-electron chi connectivity index (χ0n) is 10.8. The number of carbonyl (C=O) groups is 1. The van der Waals surface area contributed by atoms with Crippen LogP contribution in [0.3, 0.4) is 0 Å². The molecule has 0 spiro atoms. The van der Waals surface area contributed by atoms with Crippen LogP contribution in [0.4, 0.5) is 0 Å². The molecule has 0 saturated heterocycles. The van der Waals surface area contributed by atoms with Gasteiger partial charge in [0.2, 0.25) is 5.91 Å². The first-order valence-corrected chi connectivity index (χ1v) is 6.29. The molecule has 1 rings (SSSR count). The molecule has 0 aromatic carbocycles. The third-order valence-corrected chi connectivity index (χ3v) is 3.01. The Morgan fingerprint density at radius 1 is 1.47 bits per heavy atom. The van der Waals surface area contributed by atoms with Crippen molar-refractivity contribution in [3.8, 4) is 0 Å². The van der Waals surface area contributed by atoms with E-state index in [0.29, 0.717) is 6.61 Å². The Morgan fingerprint density at radius 3 is 2.82 bits per heavy atom. The molecule has 1 saturated carbocycles. The minimum absolute atomic E-state index is 0.0103. The maximum absolute atomic E-state index is 11.5. The van der Waals surface area contributed by atoms with Gasteiger partial charge in [0.25, 0.3) is 0 Å². The average molecular weight is 244 g/mol. The molecule has 1 amide bonds. The van der Waals surface area contributed by atoms with Crippen molar-refractivity contribution in [2.45, 2.75) is 50.8 Å². The second-order valence-corrected chi connectivity index (χ2v) is 4.72. The molecule has 1 aliphatic rings. The van der Waals surface area contributed by atoms with Crippen LogP contribution >= 0.6 is 0 Å². The predicted molar refractivity (Wildman–Crippen MR) is 65.7 cm³/mol. The van der Waals surface area contributed by atoms with Crippen LogP contribution in [0.25, 0.3) is 0 Å². The Hall–Kier alpha value is -0.650. The lowest BCUT2D eigenvalue weighted by molar-refractivity contribution is -0.129. The summed E-state index contributed by atoms with van der Waals surface area (Å²) in [6.45, 7) is 2.49. The number of amides is 1. The van der Waals surface area contributed by atoms with Crippen LogP contribution in [0, 0.1) is 0 Å². The van der Waals surface area contributed by atoms with Gasteiger partial charge >= 0.3 is 0 Å². The van der Waals surface area contributed by atoms with Gasteiger partial charge in [-0.25, -0.2) is 0 Å². The molecule has 0 aliphatic heterocycles. The SMILES string of the molecule is COCC(C)NC(=O)COC1CCCCC1N. The quantitative estimate of drug-likeness (QED) is 0.710. The van der Waals surface area contributed by atoms with E-state index in [1.54, 1.807) is 7.11 Å². The van der Waals surface area contributed by atoms with Crippen molar-refractivity contribution in [3.05, 3.63) is 0 Å². The van der Waals surface area contributed by atoms with Crippen LogP contribution in [-0.2, 0) is 14.3 Å². The lowest BCUT2D eigenvalue weighted by Crippen LogP contribution is -2.43. The molecule has 1 aliphatic carbocycles. The molecule has 0 aromatic rings. The third kappa shape index (κ3) is 5.48. The molecule has 0 radical (unpaired) electrons. The number of rotatable bonds is 6. The Morgan fingerprint density at radius 2 is 2.18 bits per heavy atom. The molecule has 3 atom stereocenters. The van der Waals surface area contributed by atoms with E-state index in [1.807, 2.05) is 6.92 Å². The Labute approximate surface area is 103 Å². The summed E-state index contributed by atoms with van der Waals surface area (Å²) in [7, 11) is 1.61. The maximum Gasteiger partial charge on any atom is 0.246 e. The van der Waals surface area contributed by atoms with Crippen LogP contribution in [0.5, 0.6) is 0 Å². The fourth-order valence-corrected chi connectivity index (χ4v) is 2.12. The zero-order valence-corrected chi connectivity index (χ0v) is 10.8. The summed E-state index contributed by atoms with van der Waals surface area (Å²) in [6.07, 6.45) is 4.29. The monoisotopic (exact) mass is 244 g/mol. The molecule has 1 fully saturated rings. The van der Waals surface area contributed by atoms with Crippen LogP contribution in [-0.4, -0.2) is 44.4 Å². The normalized spacial score (nSPS) is 26.5. The van der Waals surface area contributed by atoms with Gasteiger partial charge in [0.1, 0.15) is 6.61 Å². The smallest absolute Gasteiger partial charge is 0.246 e. The summed E-state index contributed by atoms with van der Waals surface area (Å²) < 4.78 is 10.5. The third-order valence-electron chi connectivity index (χ3n) is 3.01. The number of ether oxygens (including phenoxy) is 2. The van der Waals surface area contributed by atoms with E-state index >= 15 is 0 Å². The summed E-state index contributed by atoms with van der Waals surface area (Å²) in [5.41, 5.74) is 5.94. The van der Waals surface area contributed by atoms with Crippen molar-refractivity contribution in [2.24, 2.45) is 5.73 Å². The van der Waals surface area contributed by atoms with Crippen LogP contribution in [0.1, 0.15) is 32.6 Å². The number of hydrogen-bond acceptors (Lipinski definition) is 4. The van der Waals surface area contributed by atoms with E-state index in [0.717, 1.165) is 25.7 Å². The highest BCUT2D eigenvalue weighted by atomic mass is 16.5. The van der Waals surface area contributed by atoms with Gasteiger partial charge in [-0.05, 0) is 19.8 Å². The second kappa shape index (κ2) is 7.63. The molecular weight excluding hydrogens is 220 g/mol. The molecule has 17 heavy (non-hydrogen) atoms. The highest BCUT2D eigenvalue weighted by molar-refractivity contribution is 5.77. The van der Waals surface area contributed by atoms with Gasteiger partial charge in [0.05, 0.1) is 12.7 Å². The van der Waals surface area contributed by atoms with Gasteiger partial charge in [0, 0.05) is 19.2 Å². The maximum atomic E-state index is 11.5. The van der Waals surface area contributed by atoms with Gasteiger partial charge in [-0.1, -0.05) is 12.8 Å². The van der Waals surface area contributed by atoms with Gasteiger partial charge in [-0.2, -0.15) is 0 Å². The molecule has 3 N–H and O–H groups in total. The molecule has 0 heterocycles. The van der Waals surface area contributed by atoms with Crippen molar-refractivity contribution in [1.29, 1.82) is 0 Å². The minimum Gasteiger partial charge on any atom is -0.383 e. The molecule has 5 nitrogen and oxygen atoms in total. The number of hydrogen-bond donors (Lipinski definition) is 2. The van der Waals surface area contributed by atoms with Crippen molar-refractivity contribution in [3.63, 3.8) is 0 Å². The highest BCUT2D eigenvalue weighted by Gasteiger charge is 2.23. The van der Waals surface area contributed by atoms with Crippen molar-refractivity contribution in [1.82, 2.24) is 5.32 Å². The van der Waals surface area contributed by atoms with Crippen LogP contribution in [0.2, 0.25) is 0 Å². The average Bonchev–Trinajstić information content (AvgIpc) is 2.28. The highest BCUT2D eigenvalue weighted by Crippen LogP contribution is 2.19. The van der Waals surface area contributed by atoms with Gasteiger partial charge in [0.15, 0.2) is 0 Å². The van der Waals surface area contributed by atoms with E-state index in [4.69, 9.17) is 15.2 Å². The number of nitrogens with two attached hydrogens (primary N) is 1. The second-order valence-electron chi connectivity index (χ2n) is 4.72. The molecule has 3 unspecified atom stereocenters. The molecule has 0 aromatic heterocycles. The van der Waals surface area contributed by atoms with Crippen molar-refractivity contribution < 1.29 is 14.3 Å². The first-order chi connectivity index (χ1) is 8.13. The van der Waals surface area contributed by atoms with Crippen LogP contribution < -0.4 is 11.1 Å². The van der Waals surface area contributed by atoms with E-state index in [9.17, 15) is 4.79 Å². The topological polar surface area (TPSA) is 73.6 Å². The van der Waals surface area contributed by atoms with E-state index in [2.05, 4.69) is 5.32 Å². The van der Waals surface area contributed by atoms with Gasteiger partial charge in [-0.15, -0.1) is 0 Å². The Bertz CT molecular complexity index is 236. The molecular formula is C12H24N2O3. The lowest BCUT2D eigenvalue weighted by Gasteiger charge is -2.28. The number of methoxy groups -OCH3 is 1. The molecule has 0 bridgehead atoms. The summed E-state index contributed by atoms with van der Waals surface area (Å²) in [4.78, 5) is 11.5. The Balaban J connectivity index is 2.18. The first-order valence-electron chi connectivity index (χ1n) is 6.29. The van der Waals surface area contributed by atoms with E-state index in [1.165, 1.54) is 0 Å². The molecule has 100 valence electrons. The van der Waals surface area contributed by atoms with Crippen molar-refractivity contribution in [2.75, 3.05) is 20.3 Å². The van der Waals surface area contributed by atoms with Gasteiger partial charge < -0.3 is 20.5 Å². The van der Waals surface area contributed by atoms with Crippen LogP contribution in [0.15, 0.2) is 0 Å². The lowest BCUT2D eigenvalue weighted by atomic mass is 9.93. The fraction of sp³-hybridized carbons (Fsp3) is 0.917. The first kappa shape index (κ1) is 14.4. The summed E-state index contributed by atoms with van der Waals surface area (Å²) in [6, 6.07) is 0.0871. The zero-order chi connectivity index (χ0) is 12.7. The van der Waals surface area contributed by atoms with E-state index < -0.39 is 0 Å². The summed E-state index contributed by atoms with van der Waals surface area (Å²) in [5, 5.41) is 2.81.